The van der Waals surface area contributed by atoms with Crippen LogP contribution in [0.3, 0.4) is 0 Å². The van der Waals surface area contributed by atoms with Crippen LogP contribution in [-0.2, 0) is 19.5 Å². The first kappa shape index (κ1) is 15.3. The van der Waals surface area contributed by atoms with E-state index >= 15 is 0 Å². The summed E-state index contributed by atoms with van der Waals surface area (Å²) in [5.41, 5.74) is 3.48. The third-order valence-electron chi connectivity index (χ3n) is 3.90. The van der Waals surface area contributed by atoms with Crippen LogP contribution in [0.15, 0.2) is 43.0 Å². The Morgan fingerprint density at radius 2 is 2.22 bits per heavy atom. The van der Waals surface area contributed by atoms with Gasteiger partial charge in [-0.1, -0.05) is 36.4 Å². The van der Waals surface area contributed by atoms with Gasteiger partial charge in [0.05, 0.1) is 5.69 Å². The van der Waals surface area contributed by atoms with Gasteiger partial charge in [0.25, 0.3) is 0 Å². The lowest BCUT2D eigenvalue weighted by atomic mass is 10.1. The number of hydrogen-bond acceptors (Lipinski definition) is 3. The van der Waals surface area contributed by atoms with Gasteiger partial charge >= 0.3 is 6.03 Å². The molecule has 2 amide bonds. The van der Waals surface area contributed by atoms with Crippen molar-refractivity contribution >= 4 is 11.8 Å². The zero-order valence-corrected chi connectivity index (χ0v) is 13.0. The Balaban J connectivity index is 1.62. The predicted molar refractivity (Wildman–Crippen MR) is 90.1 cm³/mol. The Labute approximate surface area is 135 Å². The summed E-state index contributed by atoms with van der Waals surface area (Å²) in [6.45, 7) is 6.69. The van der Waals surface area contributed by atoms with Crippen LogP contribution in [0.4, 0.5) is 10.6 Å². The summed E-state index contributed by atoms with van der Waals surface area (Å²) in [5.74, 6) is 0.626. The Kier molecular flexibility index (Phi) is 4.73. The Morgan fingerprint density at radius 3 is 3.00 bits per heavy atom. The molecule has 3 N–H and O–H groups in total. The van der Waals surface area contributed by atoms with Crippen molar-refractivity contribution in [3.63, 3.8) is 0 Å². The van der Waals surface area contributed by atoms with Crippen molar-refractivity contribution in [3.8, 4) is 0 Å². The summed E-state index contributed by atoms with van der Waals surface area (Å²) in [6, 6.07) is 10.2. The molecular formula is C17H21N5O. The molecule has 2 heterocycles. The fraction of sp³-hybridized carbons (Fsp3) is 0.294. The maximum absolute atomic E-state index is 11.7. The Morgan fingerprint density at radius 1 is 1.39 bits per heavy atom. The van der Waals surface area contributed by atoms with Crippen molar-refractivity contribution in [2.24, 2.45) is 0 Å². The number of carbonyl (C=O) groups excluding carboxylic acids is 1. The second-order valence-electron chi connectivity index (χ2n) is 5.60. The van der Waals surface area contributed by atoms with Crippen LogP contribution >= 0.6 is 0 Å². The SMILES string of the molecule is C=CCNC(=O)Nc1n[nH]c2c1CCN(Cc1ccccc1)C2. The molecule has 120 valence electrons. The van der Waals surface area contributed by atoms with E-state index in [1.165, 1.54) is 5.56 Å². The number of aromatic nitrogens is 2. The van der Waals surface area contributed by atoms with Gasteiger partial charge < -0.3 is 5.32 Å². The fourth-order valence-electron chi connectivity index (χ4n) is 2.77. The molecule has 0 fully saturated rings. The largest absolute Gasteiger partial charge is 0.334 e. The summed E-state index contributed by atoms with van der Waals surface area (Å²) >= 11 is 0. The van der Waals surface area contributed by atoms with Gasteiger partial charge in [-0.25, -0.2) is 4.79 Å². The molecule has 0 saturated carbocycles. The van der Waals surface area contributed by atoms with Crippen molar-refractivity contribution in [1.29, 1.82) is 0 Å². The van der Waals surface area contributed by atoms with Crippen LogP contribution in [-0.4, -0.2) is 34.2 Å². The van der Waals surface area contributed by atoms with Crippen LogP contribution < -0.4 is 10.6 Å². The summed E-state index contributed by atoms with van der Waals surface area (Å²) in [7, 11) is 0. The van der Waals surface area contributed by atoms with Gasteiger partial charge in [-0.05, 0) is 12.0 Å². The van der Waals surface area contributed by atoms with E-state index in [4.69, 9.17) is 0 Å². The minimum absolute atomic E-state index is 0.258. The molecule has 1 aromatic carbocycles. The number of amides is 2. The first-order valence-electron chi connectivity index (χ1n) is 7.74. The highest BCUT2D eigenvalue weighted by molar-refractivity contribution is 5.89. The number of benzene rings is 1. The molecule has 23 heavy (non-hydrogen) atoms. The summed E-state index contributed by atoms with van der Waals surface area (Å²) in [5, 5.41) is 12.8. The van der Waals surface area contributed by atoms with E-state index in [1.807, 2.05) is 6.07 Å². The van der Waals surface area contributed by atoms with Crippen LogP contribution in [0, 0.1) is 0 Å². The van der Waals surface area contributed by atoms with E-state index in [0.29, 0.717) is 12.4 Å². The van der Waals surface area contributed by atoms with Crippen molar-refractivity contribution < 1.29 is 4.79 Å². The number of hydrogen-bond donors (Lipinski definition) is 3. The molecular weight excluding hydrogens is 290 g/mol. The molecule has 0 atom stereocenters. The lowest BCUT2D eigenvalue weighted by Gasteiger charge is -2.26. The average Bonchev–Trinajstić information content (AvgIpc) is 2.96. The quantitative estimate of drug-likeness (QED) is 0.742. The average molecular weight is 311 g/mol. The van der Waals surface area contributed by atoms with Crippen molar-refractivity contribution in [2.75, 3.05) is 18.4 Å². The van der Waals surface area contributed by atoms with E-state index in [1.54, 1.807) is 6.08 Å². The van der Waals surface area contributed by atoms with Gasteiger partial charge in [0.15, 0.2) is 5.82 Å². The molecule has 1 aromatic heterocycles. The zero-order chi connectivity index (χ0) is 16.1. The molecule has 0 radical (unpaired) electrons. The first-order chi connectivity index (χ1) is 11.3. The van der Waals surface area contributed by atoms with Crippen molar-refractivity contribution in [1.82, 2.24) is 20.4 Å². The molecule has 0 aliphatic carbocycles. The van der Waals surface area contributed by atoms with Crippen LogP contribution in [0.1, 0.15) is 16.8 Å². The number of H-pyrrole nitrogens is 1. The Hall–Kier alpha value is -2.60. The van der Waals surface area contributed by atoms with E-state index < -0.39 is 0 Å². The maximum atomic E-state index is 11.7. The van der Waals surface area contributed by atoms with E-state index in [2.05, 4.69) is 56.6 Å². The highest BCUT2D eigenvalue weighted by atomic mass is 16.2. The van der Waals surface area contributed by atoms with Crippen molar-refractivity contribution in [2.45, 2.75) is 19.5 Å². The highest BCUT2D eigenvalue weighted by Crippen LogP contribution is 2.24. The number of nitrogens with one attached hydrogen (secondary N) is 3. The van der Waals surface area contributed by atoms with Gasteiger partial charge in [0.1, 0.15) is 0 Å². The molecule has 1 aliphatic rings. The van der Waals surface area contributed by atoms with Gasteiger partial charge in [-0.2, -0.15) is 5.10 Å². The van der Waals surface area contributed by atoms with Crippen molar-refractivity contribution in [3.05, 3.63) is 59.8 Å². The first-order valence-corrected chi connectivity index (χ1v) is 7.74. The third kappa shape index (κ3) is 3.78. The minimum atomic E-state index is -0.258. The van der Waals surface area contributed by atoms with E-state index in [9.17, 15) is 4.79 Å². The smallest absolute Gasteiger partial charge is 0.320 e. The maximum Gasteiger partial charge on any atom is 0.320 e. The molecule has 3 rings (SSSR count). The van der Waals surface area contributed by atoms with Gasteiger partial charge in [0.2, 0.25) is 0 Å². The normalized spacial score (nSPS) is 14.1. The number of aromatic amines is 1. The topological polar surface area (TPSA) is 73.0 Å². The standard InChI is InChI=1S/C17H21N5O/c1-2-9-18-17(23)19-16-14-8-10-22(12-15(14)20-21-16)11-13-6-4-3-5-7-13/h2-7H,1,8-12H2,(H3,18,19,20,21,23). The second kappa shape index (κ2) is 7.11. The zero-order valence-electron chi connectivity index (χ0n) is 13.0. The second-order valence-corrected chi connectivity index (χ2v) is 5.60. The van der Waals surface area contributed by atoms with Gasteiger partial charge in [-0.15, -0.1) is 6.58 Å². The van der Waals surface area contributed by atoms with Gasteiger partial charge in [-0.3, -0.25) is 15.3 Å². The van der Waals surface area contributed by atoms with E-state index in [0.717, 1.165) is 37.3 Å². The lowest BCUT2D eigenvalue weighted by Crippen LogP contribution is -2.31. The number of fused-ring (bicyclic) bond motifs is 1. The third-order valence-corrected chi connectivity index (χ3v) is 3.90. The minimum Gasteiger partial charge on any atom is -0.334 e. The number of anilines is 1. The van der Waals surface area contributed by atoms with E-state index in [-0.39, 0.29) is 6.03 Å². The molecule has 2 aromatic rings. The van der Waals surface area contributed by atoms with Crippen LogP contribution in [0.2, 0.25) is 0 Å². The van der Waals surface area contributed by atoms with Crippen LogP contribution in [0.5, 0.6) is 0 Å². The van der Waals surface area contributed by atoms with Crippen LogP contribution in [0.25, 0.3) is 0 Å². The molecule has 0 saturated heterocycles. The number of rotatable bonds is 5. The molecule has 6 nitrogen and oxygen atoms in total. The monoisotopic (exact) mass is 311 g/mol. The highest BCUT2D eigenvalue weighted by Gasteiger charge is 2.22. The Bertz CT molecular complexity index is 680. The molecule has 6 heteroatoms. The molecule has 0 spiro atoms. The molecule has 0 bridgehead atoms. The molecule has 0 unspecified atom stereocenters. The fourth-order valence-corrected chi connectivity index (χ4v) is 2.77. The lowest BCUT2D eigenvalue weighted by molar-refractivity contribution is 0.242. The predicted octanol–water partition coefficient (Wildman–Crippen LogP) is 2.28. The number of carbonyl (C=O) groups is 1. The van der Waals surface area contributed by atoms with Gasteiger partial charge in [0, 0.05) is 31.7 Å². The summed E-state index contributed by atoms with van der Waals surface area (Å²) in [4.78, 5) is 14.1. The number of nitrogens with zero attached hydrogens (tertiary/aromatic N) is 2. The molecule has 1 aliphatic heterocycles. The summed E-state index contributed by atoms with van der Waals surface area (Å²) < 4.78 is 0. The summed E-state index contributed by atoms with van der Waals surface area (Å²) in [6.07, 6.45) is 2.51. The number of urea groups is 1.